The number of pyridine rings is 1. The molecule has 0 bridgehead atoms. The van der Waals surface area contributed by atoms with Gasteiger partial charge in [0, 0.05) is 17.9 Å². The summed E-state index contributed by atoms with van der Waals surface area (Å²) >= 11 is 0. The average Bonchev–Trinajstić information content (AvgIpc) is 2.69. The van der Waals surface area contributed by atoms with Crippen molar-refractivity contribution in [1.29, 1.82) is 0 Å². The fourth-order valence-corrected chi connectivity index (χ4v) is 2.69. The standard InChI is InChI=1S/C21H18F3N3O/c1-2-27(18-6-4-3-5-7-18)20(28)19-13-12-17(14-25-19)26-16-10-8-15(9-11-16)21(22,23)24/h3-14,26H,2H2,1H3. The predicted molar refractivity (Wildman–Crippen MR) is 103 cm³/mol. The van der Waals surface area contributed by atoms with E-state index in [1.54, 1.807) is 17.0 Å². The van der Waals surface area contributed by atoms with Gasteiger partial charge >= 0.3 is 6.18 Å². The second-order valence-electron chi connectivity index (χ2n) is 6.02. The molecule has 0 aliphatic rings. The molecule has 0 aliphatic carbocycles. The van der Waals surface area contributed by atoms with E-state index in [0.717, 1.165) is 17.8 Å². The summed E-state index contributed by atoms with van der Waals surface area (Å²) in [6.07, 6.45) is -2.89. The third-order valence-electron chi connectivity index (χ3n) is 4.11. The molecule has 4 nitrogen and oxygen atoms in total. The molecule has 0 unspecified atom stereocenters. The van der Waals surface area contributed by atoms with Gasteiger partial charge in [0.2, 0.25) is 0 Å². The molecule has 28 heavy (non-hydrogen) atoms. The van der Waals surface area contributed by atoms with E-state index < -0.39 is 11.7 Å². The first-order valence-electron chi connectivity index (χ1n) is 8.65. The van der Waals surface area contributed by atoms with Crippen molar-refractivity contribution in [1.82, 2.24) is 4.98 Å². The third-order valence-corrected chi connectivity index (χ3v) is 4.11. The van der Waals surface area contributed by atoms with Gasteiger partial charge in [0.05, 0.1) is 17.4 Å². The lowest BCUT2D eigenvalue weighted by atomic mass is 10.2. The third kappa shape index (κ3) is 4.49. The molecule has 1 amide bonds. The van der Waals surface area contributed by atoms with Crippen LogP contribution in [0.3, 0.4) is 0 Å². The zero-order valence-corrected chi connectivity index (χ0v) is 15.1. The highest BCUT2D eigenvalue weighted by molar-refractivity contribution is 6.04. The van der Waals surface area contributed by atoms with Gasteiger partial charge in [-0.1, -0.05) is 18.2 Å². The van der Waals surface area contributed by atoms with E-state index in [2.05, 4.69) is 10.3 Å². The summed E-state index contributed by atoms with van der Waals surface area (Å²) in [4.78, 5) is 18.5. The van der Waals surface area contributed by atoms with E-state index in [1.165, 1.54) is 18.3 Å². The average molecular weight is 385 g/mol. The van der Waals surface area contributed by atoms with E-state index in [4.69, 9.17) is 0 Å². The topological polar surface area (TPSA) is 45.2 Å². The predicted octanol–water partition coefficient (Wildman–Crippen LogP) is 5.51. The molecule has 1 N–H and O–H groups in total. The number of hydrogen-bond acceptors (Lipinski definition) is 3. The summed E-state index contributed by atoms with van der Waals surface area (Å²) in [6.45, 7) is 2.38. The normalized spacial score (nSPS) is 11.1. The summed E-state index contributed by atoms with van der Waals surface area (Å²) in [7, 11) is 0. The van der Waals surface area contributed by atoms with Gasteiger partial charge in [-0.05, 0) is 55.5 Å². The first-order chi connectivity index (χ1) is 13.4. The first kappa shape index (κ1) is 19.4. The van der Waals surface area contributed by atoms with Crippen molar-refractivity contribution in [3.63, 3.8) is 0 Å². The summed E-state index contributed by atoms with van der Waals surface area (Å²) in [5.41, 5.74) is 1.41. The van der Waals surface area contributed by atoms with Crippen LogP contribution in [0.15, 0.2) is 72.9 Å². The minimum absolute atomic E-state index is 0.227. The highest BCUT2D eigenvalue weighted by atomic mass is 19.4. The number of para-hydroxylation sites is 1. The lowest BCUT2D eigenvalue weighted by Crippen LogP contribution is -2.31. The van der Waals surface area contributed by atoms with Crippen LogP contribution in [0.2, 0.25) is 0 Å². The number of carbonyl (C=O) groups excluding carboxylic acids is 1. The van der Waals surface area contributed by atoms with Crippen molar-refractivity contribution in [3.05, 3.63) is 84.2 Å². The van der Waals surface area contributed by atoms with Crippen molar-refractivity contribution >= 4 is 23.0 Å². The van der Waals surface area contributed by atoms with Crippen LogP contribution < -0.4 is 10.2 Å². The van der Waals surface area contributed by atoms with E-state index in [-0.39, 0.29) is 11.6 Å². The number of anilines is 3. The summed E-state index contributed by atoms with van der Waals surface area (Å²) in [5, 5.41) is 2.97. The molecule has 2 aromatic carbocycles. The quantitative estimate of drug-likeness (QED) is 0.630. The fourth-order valence-electron chi connectivity index (χ4n) is 2.69. The monoisotopic (exact) mass is 385 g/mol. The second kappa shape index (κ2) is 8.12. The van der Waals surface area contributed by atoms with Gasteiger partial charge in [-0.3, -0.25) is 4.79 Å². The number of aromatic nitrogens is 1. The molecule has 0 saturated heterocycles. The Balaban J connectivity index is 1.71. The number of nitrogens with one attached hydrogen (secondary N) is 1. The van der Waals surface area contributed by atoms with Crippen molar-refractivity contribution in [3.8, 4) is 0 Å². The Morgan fingerprint density at radius 2 is 1.61 bits per heavy atom. The minimum Gasteiger partial charge on any atom is -0.354 e. The Morgan fingerprint density at radius 1 is 0.964 bits per heavy atom. The Labute approximate surface area is 160 Å². The number of benzene rings is 2. The van der Waals surface area contributed by atoms with Gasteiger partial charge in [-0.2, -0.15) is 13.2 Å². The van der Waals surface area contributed by atoms with Gasteiger partial charge in [0.25, 0.3) is 5.91 Å². The van der Waals surface area contributed by atoms with Crippen LogP contribution >= 0.6 is 0 Å². The summed E-state index contributed by atoms with van der Waals surface area (Å²) < 4.78 is 37.9. The molecule has 0 spiro atoms. The van der Waals surface area contributed by atoms with Crippen molar-refractivity contribution in [2.45, 2.75) is 13.1 Å². The van der Waals surface area contributed by atoms with Gasteiger partial charge in [0.15, 0.2) is 0 Å². The SMILES string of the molecule is CCN(C(=O)c1ccc(Nc2ccc(C(F)(F)F)cc2)cn1)c1ccccc1. The van der Waals surface area contributed by atoms with E-state index >= 15 is 0 Å². The van der Waals surface area contributed by atoms with Crippen LogP contribution in [0.5, 0.6) is 0 Å². The molecule has 144 valence electrons. The molecule has 1 aromatic heterocycles. The maximum atomic E-state index is 12.7. The van der Waals surface area contributed by atoms with Crippen LogP contribution in [-0.2, 0) is 6.18 Å². The number of halogens is 3. The lowest BCUT2D eigenvalue weighted by molar-refractivity contribution is -0.137. The number of nitrogens with zero attached hydrogens (tertiary/aromatic N) is 2. The van der Waals surface area contributed by atoms with E-state index in [9.17, 15) is 18.0 Å². The lowest BCUT2D eigenvalue weighted by Gasteiger charge is -2.20. The molecule has 0 atom stereocenters. The Kier molecular flexibility index (Phi) is 5.63. The Hall–Kier alpha value is -3.35. The highest BCUT2D eigenvalue weighted by Crippen LogP contribution is 2.30. The van der Waals surface area contributed by atoms with Crippen molar-refractivity contribution in [2.75, 3.05) is 16.8 Å². The molecular weight excluding hydrogens is 367 g/mol. The molecule has 7 heteroatoms. The van der Waals surface area contributed by atoms with E-state index in [0.29, 0.717) is 17.9 Å². The number of alkyl halides is 3. The maximum Gasteiger partial charge on any atom is 0.416 e. The largest absolute Gasteiger partial charge is 0.416 e. The molecular formula is C21H18F3N3O. The molecule has 3 rings (SSSR count). The fraction of sp³-hybridized carbons (Fsp3) is 0.143. The molecule has 0 fully saturated rings. The van der Waals surface area contributed by atoms with Crippen LogP contribution in [0.1, 0.15) is 23.0 Å². The molecule has 0 aliphatic heterocycles. The smallest absolute Gasteiger partial charge is 0.354 e. The van der Waals surface area contributed by atoms with Gasteiger partial charge in [-0.25, -0.2) is 4.98 Å². The van der Waals surface area contributed by atoms with Gasteiger partial charge < -0.3 is 10.2 Å². The minimum atomic E-state index is -4.37. The number of carbonyl (C=O) groups is 1. The zero-order valence-electron chi connectivity index (χ0n) is 15.1. The molecule has 1 heterocycles. The van der Waals surface area contributed by atoms with Crippen LogP contribution in [0.25, 0.3) is 0 Å². The molecule has 0 radical (unpaired) electrons. The van der Waals surface area contributed by atoms with Gasteiger partial charge in [-0.15, -0.1) is 0 Å². The van der Waals surface area contributed by atoms with Crippen LogP contribution in [0, 0.1) is 0 Å². The summed E-state index contributed by atoms with van der Waals surface area (Å²) in [5.74, 6) is -0.227. The number of hydrogen-bond donors (Lipinski definition) is 1. The Morgan fingerprint density at radius 3 is 2.14 bits per heavy atom. The summed E-state index contributed by atoms with van der Waals surface area (Å²) in [6, 6.07) is 17.2. The number of rotatable bonds is 5. The van der Waals surface area contributed by atoms with Crippen LogP contribution in [-0.4, -0.2) is 17.4 Å². The second-order valence-corrected chi connectivity index (χ2v) is 6.02. The first-order valence-corrected chi connectivity index (χ1v) is 8.65. The molecule has 3 aromatic rings. The molecule has 0 saturated carbocycles. The number of amides is 1. The Bertz CT molecular complexity index is 924. The van der Waals surface area contributed by atoms with Crippen molar-refractivity contribution < 1.29 is 18.0 Å². The van der Waals surface area contributed by atoms with Gasteiger partial charge in [0.1, 0.15) is 5.69 Å². The van der Waals surface area contributed by atoms with Crippen LogP contribution in [0.4, 0.5) is 30.2 Å². The van der Waals surface area contributed by atoms with Crippen molar-refractivity contribution in [2.24, 2.45) is 0 Å². The van der Waals surface area contributed by atoms with E-state index in [1.807, 2.05) is 37.3 Å². The highest BCUT2D eigenvalue weighted by Gasteiger charge is 2.29. The maximum absolute atomic E-state index is 12.7. The zero-order chi connectivity index (χ0) is 20.1.